The number of carbonyl (C=O) groups excluding carboxylic acids is 4. The number of anilines is 1. The Balaban J connectivity index is 1.28. The molecule has 0 spiro atoms. The van der Waals surface area contributed by atoms with E-state index in [0.29, 0.717) is 31.2 Å². The van der Waals surface area contributed by atoms with E-state index in [2.05, 4.69) is 10.1 Å². The smallest absolute Gasteiger partial charge is 0.334 e. The van der Waals surface area contributed by atoms with Gasteiger partial charge in [-0.1, -0.05) is 17.3 Å². The maximum Gasteiger partial charge on any atom is 0.334 e. The zero-order valence-corrected chi connectivity index (χ0v) is 19.9. The molecule has 0 N–H and O–H groups in total. The van der Waals surface area contributed by atoms with Crippen molar-refractivity contribution in [2.75, 3.05) is 38.3 Å². The van der Waals surface area contributed by atoms with Crippen molar-refractivity contribution >= 4 is 29.4 Å². The molecular weight excluding hydrogens is 470 g/mol. The lowest BCUT2D eigenvalue weighted by Crippen LogP contribution is -2.37. The maximum atomic E-state index is 13.4. The number of benzene rings is 1. The van der Waals surface area contributed by atoms with Crippen LogP contribution in [0.3, 0.4) is 0 Å². The minimum atomic E-state index is -0.919. The molecular formula is C24H27N5O7. The first-order chi connectivity index (χ1) is 17.4. The Morgan fingerprint density at radius 2 is 1.89 bits per heavy atom. The van der Waals surface area contributed by atoms with Crippen molar-refractivity contribution in [2.45, 2.75) is 32.2 Å². The molecule has 3 heterocycles. The zero-order valence-electron chi connectivity index (χ0n) is 19.9. The number of hydrogen-bond donors (Lipinski definition) is 0. The Bertz CT molecular complexity index is 1170. The van der Waals surface area contributed by atoms with Gasteiger partial charge >= 0.3 is 17.8 Å². The predicted molar refractivity (Wildman–Crippen MR) is 123 cm³/mol. The molecule has 1 atom stereocenters. The lowest BCUT2D eigenvalue weighted by Gasteiger charge is -2.26. The summed E-state index contributed by atoms with van der Waals surface area (Å²) in [5.41, 5.74) is 0.628. The summed E-state index contributed by atoms with van der Waals surface area (Å²) in [6.07, 6.45) is 2.56. The van der Waals surface area contributed by atoms with E-state index in [4.69, 9.17) is 14.0 Å². The summed E-state index contributed by atoms with van der Waals surface area (Å²) in [6.45, 7) is 1.58. The summed E-state index contributed by atoms with van der Waals surface area (Å²) in [4.78, 5) is 58.1. The van der Waals surface area contributed by atoms with Crippen LogP contribution in [0.25, 0.3) is 0 Å². The molecule has 3 fully saturated rings. The second-order valence-corrected chi connectivity index (χ2v) is 9.22. The van der Waals surface area contributed by atoms with Gasteiger partial charge in [-0.3, -0.25) is 19.3 Å². The average Bonchev–Trinajstić information content (AvgIpc) is 3.28. The number of aromatic nitrogens is 2. The molecule has 2 aliphatic heterocycles. The zero-order chi connectivity index (χ0) is 25.2. The largest absolute Gasteiger partial charge is 0.495 e. The summed E-state index contributed by atoms with van der Waals surface area (Å²) >= 11 is 0. The number of urea groups is 1. The number of imide groups is 2. The van der Waals surface area contributed by atoms with E-state index in [-0.39, 0.29) is 49.0 Å². The lowest BCUT2D eigenvalue weighted by molar-refractivity contribution is -0.143. The third-order valence-corrected chi connectivity index (χ3v) is 6.53. The number of ether oxygens (including phenoxy) is 2. The Labute approximate surface area is 207 Å². The first-order valence-electron chi connectivity index (χ1n) is 11.9. The van der Waals surface area contributed by atoms with Crippen LogP contribution in [-0.4, -0.2) is 77.1 Å². The third kappa shape index (κ3) is 4.94. The van der Waals surface area contributed by atoms with Gasteiger partial charge in [0.25, 0.3) is 0 Å². The molecule has 2 saturated heterocycles. The number of methoxy groups -OCH3 is 1. The molecule has 1 aromatic carbocycles. The van der Waals surface area contributed by atoms with Crippen molar-refractivity contribution in [2.24, 2.45) is 11.8 Å². The van der Waals surface area contributed by atoms with Crippen molar-refractivity contribution in [3.05, 3.63) is 36.0 Å². The molecule has 1 aliphatic carbocycles. The first kappa shape index (κ1) is 23.9. The fourth-order valence-corrected chi connectivity index (χ4v) is 4.37. The number of para-hydroxylation sites is 2. The topological polar surface area (TPSA) is 135 Å². The molecule has 3 aliphatic rings. The number of nitrogens with zero attached hydrogens (tertiary/aromatic N) is 5. The van der Waals surface area contributed by atoms with E-state index < -0.39 is 17.8 Å². The number of amides is 5. The van der Waals surface area contributed by atoms with Crippen LogP contribution in [0, 0.1) is 11.8 Å². The molecule has 5 rings (SSSR count). The van der Waals surface area contributed by atoms with Crippen LogP contribution in [0.2, 0.25) is 0 Å². The fourth-order valence-electron chi connectivity index (χ4n) is 4.37. The number of carbonyl (C=O) groups is 4. The Kier molecular flexibility index (Phi) is 6.68. The molecule has 12 heteroatoms. The molecule has 1 saturated carbocycles. The molecule has 5 amide bonds. The van der Waals surface area contributed by atoms with Gasteiger partial charge in [0.2, 0.25) is 11.8 Å². The van der Waals surface area contributed by atoms with Crippen LogP contribution < -0.4 is 9.64 Å². The summed E-state index contributed by atoms with van der Waals surface area (Å²) in [7, 11) is 1.54. The minimum absolute atomic E-state index is 0.0337. The van der Waals surface area contributed by atoms with E-state index in [1.165, 1.54) is 0 Å². The van der Waals surface area contributed by atoms with Gasteiger partial charge in [-0.25, -0.2) is 9.69 Å². The maximum absolute atomic E-state index is 13.4. The highest BCUT2D eigenvalue weighted by Gasteiger charge is 2.46. The summed E-state index contributed by atoms with van der Waals surface area (Å²) < 4.78 is 16.1. The van der Waals surface area contributed by atoms with E-state index in [0.717, 1.165) is 29.1 Å². The van der Waals surface area contributed by atoms with Gasteiger partial charge in [0.15, 0.2) is 5.82 Å². The van der Waals surface area contributed by atoms with Gasteiger partial charge in [0, 0.05) is 25.6 Å². The van der Waals surface area contributed by atoms with Gasteiger partial charge < -0.3 is 18.9 Å². The normalized spacial score (nSPS) is 19.9. The molecule has 2 aromatic rings. The van der Waals surface area contributed by atoms with Crippen LogP contribution in [0.1, 0.15) is 31.0 Å². The Hall–Kier alpha value is -3.80. The molecule has 36 heavy (non-hydrogen) atoms. The van der Waals surface area contributed by atoms with Gasteiger partial charge in [-0.05, 0) is 37.3 Å². The van der Waals surface area contributed by atoms with E-state index in [9.17, 15) is 19.2 Å². The average molecular weight is 498 g/mol. The van der Waals surface area contributed by atoms with Crippen molar-refractivity contribution in [3.63, 3.8) is 0 Å². The molecule has 0 bridgehead atoms. The molecule has 0 radical (unpaired) electrons. The predicted octanol–water partition coefficient (Wildman–Crippen LogP) is 1.39. The second-order valence-electron chi connectivity index (χ2n) is 9.22. The highest BCUT2D eigenvalue weighted by molar-refractivity contribution is 6.44. The van der Waals surface area contributed by atoms with Crippen LogP contribution >= 0.6 is 0 Å². The second kappa shape index (κ2) is 10.1. The number of hydrogen-bond acceptors (Lipinski definition) is 9. The Morgan fingerprint density at radius 1 is 1.11 bits per heavy atom. The van der Waals surface area contributed by atoms with Crippen molar-refractivity contribution in [3.8, 4) is 5.75 Å². The van der Waals surface area contributed by atoms with Gasteiger partial charge in [0.1, 0.15) is 12.3 Å². The highest BCUT2D eigenvalue weighted by Crippen LogP contribution is 2.32. The van der Waals surface area contributed by atoms with Crippen LogP contribution in [-0.2, 0) is 32.1 Å². The summed E-state index contributed by atoms with van der Waals surface area (Å²) in [5, 5.41) is 3.86. The Morgan fingerprint density at radius 3 is 2.61 bits per heavy atom. The quantitative estimate of drug-likeness (QED) is 0.352. The standard InChI is InChI=1S/C24H27N5O7/c1-34-18-5-3-2-4-17(18)27(12-16-8-9-35-14-16)21(30)10-19-25-20(36-26-19)13-29-23(32)22(31)28(24(29)33)11-15-6-7-15/h2-5,15-16H,6-14H2,1H3. The van der Waals surface area contributed by atoms with E-state index in [1.807, 2.05) is 18.2 Å². The first-order valence-corrected chi connectivity index (χ1v) is 11.9. The summed E-state index contributed by atoms with van der Waals surface area (Å²) in [5.74, 6) is -0.950. The SMILES string of the molecule is COc1ccccc1N(CC1CCOC1)C(=O)Cc1noc(CN2C(=O)C(=O)N(CC3CC3)C2=O)n1. The van der Waals surface area contributed by atoms with Crippen LogP contribution in [0.5, 0.6) is 5.75 Å². The molecule has 1 aromatic heterocycles. The van der Waals surface area contributed by atoms with Gasteiger partial charge in [-0.2, -0.15) is 4.98 Å². The van der Waals surface area contributed by atoms with Crippen molar-refractivity contribution < 1.29 is 33.2 Å². The molecule has 12 nitrogen and oxygen atoms in total. The fraction of sp³-hybridized carbons (Fsp3) is 0.500. The molecule has 190 valence electrons. The van der Waals surface area contributed by atoms with Crippen molar-refractivity contribution in [1.82, 2.24) is 19.9 Å². The monoisotopic (exact) mass is 497 g/mol. The van der Waals surface area contributed by atoms with Gasteiger partial charge in [0.05, 0.1) is 25.8 Å². The minimum Gasteiger partial charge on any atom is -0.495 e. The molecule has 1 unspecified atom stereocenters. The van der Waals surface area contributed by atoms with Crippen LogP contribution in [0.4, 0.5) is 10.5 Å². The summed E-state index contributed by atoms with van der Waals surface area (Å²) in [6, 6.07) is 6.56. The highest BCUT2D eigenvalue weighted by atomic mass is 16.5. The van der Waals surface area contributed by atoms with Gasteiger partial charge in [-0.15, -0.1) is 0 Å². The van der Waals surface area contributed by atoms with E-state index >= 15 is 0 Å². The third-order valence-electron chi connectivity index (χ3n) is 6.53. The van der Waals surface area contributed by atoms with Crippen LogP contribution in [0.15, 0.2) is 28.8 Å². The van der Waals surface area contributed by atoms with E-state index in [1.54, 1.807) is 18.1 Å². The van der Waals surface area contributed by atoms with Crippen molar-refractivity contribution in [1.29, 1.82) is 0 Å². The lowest BCUT2D eigenvalue weighted by atomic mass is 10.1. The number of rotatable bonds is 10.